The molecule has 7 aromatic rings. The normalized spacial score (nSPS) is 11.7. The molecule has 0 fully saturated rings. The summed E-state index contributed by atoms with van der Waals surface area (Å²) in [7, 11) is 0. The average Bonchev–Trinajstić information content (AvgIpc) is 3.32. The van der Waals surface area contributed by atoms with E-state index in [2.05, 4.69) is 146 Å². The Morgan fingerprint density at radius 1 is 0.263 bits per heavy atom. The second kappa shape index (κ2) is 8.30. The molecule has 7 aromatic carbocycles. The van der Waals surface area contributed by atoms with Crippen LogP contribution in [0.15, 0.2) is 146 Å². The van der Waals surface area contributed by atoms with Gasteiger partial charge in [-0.1, -0.05) is 127 Å². The van der Waals surface area contributed by atoms with E-state index in [0.29, 0.717) is 0 Å². The van der Waals surface area contributed by atoms with E-state index in [1.165, 1.54) is 77.2 Å². The first kappa shape index (κ1) is 21.2. The van der Waals surface area contributed by atoms with E-state index in [9.17, 15) is 0 Å². The van der Waals surface area contributed by atoms with Crippen molar-refractivity contribution in [3.05, 3.63) is 146 Å². The summed E-state index contributed by atoms with van der Waals surface area (Å²) >= 11 is 0. The molecule has 0 bridgehead atoms. The molecule has 0 heteroatoms. The van der Waals surface area contributed by atoms with E-state index >= 15 is 0 Å². The number of hydrogen-bond donors (Lipinski definition) is 0. The van der Waals surface area contributed by atoms with Crippen LogP contribution in [-0.2, 0) is 0 Å². The smallest absolute Gasteiger partial charge is 0.00259 e. The van der Waals surface area contributed by atoms with Crippen molar-refractivity contribution >= 4 is 21.5 Å². The fourth-order valence-electron chi connectivity index (χ4n) is 6.28. The van der Waals surface area contributed by atoms with Gasteiger partial charge in [-0.2, -0.15) is 0 Å². The maximum atomic E-state index is 2.38. The molecule has 0 amide bonds. The van der Waals surface area contributed by atoms with E-state index in [4.69, 9.17) is 0 Å². The highest BCUT2D eigenvalue weighted by molar-refractivity contribution is 6.16. The van der Waals surface area contributed by atoms with Crippen LogP contribution >= 0.6 is 0 Å². The third-order valence-electron chi connectivity index (χ3n) is 8.00. The molecule has 0 saturated carbocycles. The van der Waals surface area contributed by atoms with Gasteiger partial charge < -0.3 is 0 Å². The van der Waals surface area contributed by atoms with Crippen LogP contribution in [0.5, 0.6) is 0 Å². The van der Waals surface area contributed by atoms with Crippen LogP contribution in [0.4, 0.5) is 0 Å². The molecule has 0 aromatic heterocycles. The number of benzene rings is 7. The van der Waals surface area contributed by atoms with E-state index in [0.717, 1.165) is 0 Å². The van der Waals surface area contributed by atoms with Crippen molar-refractivity contribution in [3.8, 4) is 55.6 Å². The highest BCUT2D eigenvalue weighted by atomic mass is 14.2. The maximum absolute atomic E-state index is 2.38. The highest BCUT2D eigenvalue weighted by Gasteiger charge is 2.21. The van der Waals surface area contributed by atoms with Gasteiger partial charge in [0.1, 0.15) is 0 Å². The molecule has 0 N–H and O–H groups in total. The van der Waals surface area contributed by atoms with E-state index in [-0.39, 0.29) is 0 Å². The maximum Gasteiger partial charge on any atom is -0.00259 e. The van der Waals surface area contributed by atoms with Gasteiger partial charge in [-0.3, -0.25) is 0 Å². The molecule has 0 unspecified atom stereocenters. The summed E-state index contributed by atoms with van der Waals surface area (Å²) in [6, 6.07) is 53.3. The van der Waals surface area contributed by atoms with Gasteiger partial charge in [-0.15, -0.1) is 0 Å². The Kier molecular flexibility index (Phi) is 4.62. The van der Waals surface area contributed by atoms with Crippen LogP contribution in [0.25, 0.3) is 77.2 Å². The standard InChI is InChI=1S/C38H24/c1-2-15-30-25(10-1)11-8-20-33(30)32-17-4-3-16-31(32)27-13-7-12-26(22-27)29-23-28-14-9-21-36-34-18-5-6-19-35(34)37(24-29)38(28)36/h1-24H. The third-order valence-corrected chi connectivity index (χ3v) is 8.00. The fourth-order valence-corrected chi connectivity index (χ4v) is 6.28. The Bertz CT molecular complexity index is 2020. The summed E-state index contributed by atoms with van der Waals surface area (Å²) < 4.78 is 0. The third kappa shape index (κ3) is 3.17. The van der Waals surface area contributed by atoms with Crippen LogP contribution in [-0.4, -0.2) is 0 Å². The Morgan fingerprint density at radius 2 is 0.816 bits per heavy atom. The summed E-state index contributed by atoms with van der Waals surface area (Å²) in [5.41, 5.74) is 12.9. The van der Waals surface area contributed by atoms with Gasteiger partial charge in [0, 0.05) is 0 Å². The van der Waals surface area contributed by atoms with Crippen LogP contribution in [0.3, 0.4) is 0 Å². The minimum absolute atomic E-state index is 1.23. The molecule has 0 atom stereocenters. The minimum Gasteiger partial charge on any atom is -0.0616 e. The number of rotatable bonds is 3. The highest BCUT2D eigenvalue weighted by Crippen LogP contribution is 2.48. The van der Waals surface area contributed by atoms with Crippen molar-refractivity contribution in [1.82, 2.24) is 0 Å². The molecule has 8 rings (SSSR count). The zero-order chi connectivity index (χ0) is 25.1. The predicted octanol–water partition coefficient (Wildman–Crippen LogP) is 10.6. The molecule has 0 nitrogen and oxygen atoms in total. The molecule has 0 heterocycles. The second-order valence-electron chi connectivity index (χ2n) is 10.1. The van der Waals surface area contributed by atoms with Gasteiger partial charge in [-0.05, 0) is 95.4 Å². The van der Waals surface area contributed by atoms with Gasteiger partial charge in [0.2, 0.25) is 0 Å². The molecule has 0 spiro atoms. The molecular formula is C38H24. The van der Waals surface area contributed by atoms with Crippen molar-refractivity contribution in [2.24, 2.45) is 0 Å². The summed E-state index contributed by atoms with van der Waals surface area (Å²) in [6.07, 6.45) is 0. The van der Waals surface area contributed by atoms with Gasteiger partial charge in [0.25, 0.3) is 0 Å². The van der Waals surface area contributed by atoms with E-state index < -0.39 is 0 Å². The van der Waals surface area contributed by atoms with Gasteiger partial charge >= 0.3 is 0 Å². The monoisotopic (exact) mass is 480 g/mol. The van der Waals surface area contributed by atoms with Crippen molar-refractivity contribution in [1.29, 1.82) is 0 Å². The largest absolute Gasteiger partial charge is 0.0616 e. The Morgan fingerprint density at radius 3 is 1.66 bits per heavy atom. The van der Waals surface area contributed by atoms with Crippen LogP contribution < -0.4 is 0 Å². The lowest BCUT2D eigenvalue weighted by molar-refractivity contribution is 1.58. The molecule has 1 aliphatic carbocycles. The molecular weight excluding hydrogens is 456 g/mol. The summed E-state index contributed by atoms with van der Waals surface area (Å²) in [5.74, 6) is 0. The lowest BCUT2D eigenvalue weighted by Crippen LogP contribution is -1.88. The quantitative estimate of drug-likeness (QED) is 0.236. The van der Waals surface area contributed by atoms with Crippen molar-refractivity contribution in [2.45, 2.75) is 0 Å². The number of hydrogen-bond acceptors (Lipinski definition) is 0. The van der Waals surface area contributed by atoms with E-state index in [1.54, 1.807) is 0 Å². The molecule has 0 radical (unpaired) electrons. The Hall–Kier alpha value is -4.94. The van der Waals surface area contributed by atoms with Crippen molar-refractivity contribution in [2.75, 3.05) is 0 Å². The zero-order valence-corrected chi connectivity index (χ0v) is 20.9. The molecule has 1 aliphatic rings. The lowest BCUT2D eigenvalue weighted by atomic mass is 9.90. The topological polar surface area (TPSA) is 0 Å². The second-order valence-corrected chi connectivity index (χ2v) is 10.1. The van der Waals surface area contributed by atoms with E-state index in [1.807, 2.05) is 0 Å². The molecule has 38 heavy (non-hydrogen) atoms. The molecule has 0 saturated heterocycles. The van der Waals surface area contributed by atoms with Gasteiger partial charge in [0.05, 0.1) is 0 Å². The number of fused-ring (bicyclic) bond motifs is 4. The average molecular weight is 481 g/mol. The predicted molar refractivity (Wildman–Crippen MR) is 162 cm³/mol. The minimum atomic E-state index is 1.23. The van der Waals surface area contributed by atoms with Gasteiger partial charge in [-0.25, -0.2) is 0 Å². The van der Waals surface area contributed by atoms with Crippen LogP contribution in [0.2, 0.25) is 0 Å². The first-order chi connectivity index (χ1) is 18.8. The van der Waals surface area contributed by atoms with Gasteiger partial charge in [0.15, 0.2) is 0 Å². The zero-order valence-electron chi connectivity index (χ0n) is 20.9. The van der Waals surface area contributed by atoms with Crippen LogP contribution in [0.1, 0.15) is 0 Å². The Balaban J connectivity index is 1.30. The van der Waals surface area contributed by atoms with Crippen molar-refractivity contribution < 1.29 is 0 Å². The summed E-state index contributed by atoms with van der Waals surface area (Å²) in [5, 5.41) is 5.22. The molecule has 0 aliphatic heterocycles. The SMILES string of the molecule is c1cc(-c2cc3c4c(cccc4c2)-c2ccccc2-3)cc(-c2ccccc2-c2cccc3ccccc23)c1. The van der Waals surface area contributed by atoms with Crippen molar-refractivity contribution in [3.63, 3.8) is 0 Å². The Labute approximate surface area is 222 Å². The summed E-state index contributed by atoms with van der Waals surface area (Å²) in [6.45, 7) is 0. The lowest BCUT2D eigenvalue weighted by Gasteiger charge is -2.14. The summed E-state index contributed by atoms with van der Waals surface area (Å²) in [4.78, 5) is 0. The first-order valence-electron chi connectivity index (χ1n) is 13.2. The first-order valence-corrected chi connectivity index (χ1v) is 13.2. The van der Waals surface area contributed by atoms with Crippen LogP contribution in [0, 0.1) is 0 Å². The molecule has 176 valence electrons. The fraction of sp³-hybridized carbons (Fsp3) is 0.